The van der Waals surface area contributed by atoms with Gasteiger partial charge in [-0.2, -0.15) is 0 Å². The van der Waals surface area contributed by atoms with Crippen molar-refractivity contribution in [3.63, 3.8) is 0 Å². The second-order valence-corrected chi connectivity index (χ2v) is 9.91. The molecule has 2 aromatic carbocycles. The van der Waals surface area contributed by atoms with Crippen molar-refractivity contribution in [3.05, 3.63) is 63.1 Å². The third kappa shape index (κ3) is 7.13. The minimum absolute atomic E-state index is 0.116. The zero-order valence-corrected chi connectivity index (χ0v) is 21.7. The Hall–Kier alpha value is -2.24. The molecule has 2 aromatic rings. The first-order valence-electron chi connectivity index (χ1n) is 12.0. The Morgan fingerprint density at radius 2 is 1.79 bits per heavy atom. The highest BCUT2D eigenvalue weighted by Crippen LogP contribution is 2.25. The van der Waals surface area contributed by atoms with E-state index in [9.17, 15) is 9.59 Å². The number of rotatable bonds is 9. The van der Waals surface area contributed by atoms with E-state index >= 15 is 0 Å². The molecule has 1 atom stereocenters. The van der Waals surface area contributed by atoms with Crippen molar-refractivity contribution in [1.82, 2.24) is 10.2 Å². The van der Waals surface area contributed by atoms with E-state index in [1.807, 2.05) is 45.0 Å². The number of carbonyl (C=O) groups excluding carboxylic acids is 2. The molecule has 5 nitrogen and oxygen atoms in total. The van der Waals surface area contributed by atoms with Crippen LogP contribution in [-0.2, 0) is 16.1 Å². The Bertz CT molecular complexity index is 1010. The number of benzene rings is 2. The highest BCUT2D eigenvalue weighted by molar-refractivity contribution is 6.42. The monoisotopic (exact) mass is 504 g/mol. The topological polar surface area (TPSA) is 58.6 Å². The van der Waals surface area contributed by atoms with E-state index in [2.05, 4.69) is 5.32 Å². The van der Waals surface area contributed by atoms with E-state index in [4.69, 9.17) is 27.9 Å². The Balaban J connectivity index is 1.80. The summed E-state index contributed by atoms with van der Waals surface area (Å²) < 4.78 is 5.90. The first-order chi connectivity index (χ1) is 16.3. The summed E-state index contributed by atoms with van der Waals surface area (Å²) >= 11 is 12.3. The van der Waals surface area contributed by atoms with Crippen LogP contribution in [0.1, 0.15) is 62.1 Å². The average Bonchev–Trinajstić information content (AvgIpc) is 2.82. The van der Waals surface area contributed by atoms with Gasteiger partial charge in [-0.15, -0.1) is 0 Å². The highest BCUT2D eigenvalue weighted by atomic mass is 35.5. The van der Waals surface area contributed by atoms with Gasteiger partial charge in [-0.25, -0.2) is 0 Å². The van der Waals surface area contributed by atoms with E-state index < -0.39 is 6.04 Å². The molecule has 2 amide bonds. The van der Waals surface area contributed by atoms with E-state index in [1.54, 1.807) is 17.0 Å². The molecule has 1 aliphatic rings. The van der Waals surface area contributed by atoms with Crippen LogP contribution in [0.5, 0.6) is 5.75 Å². The second-order valence-electron chi connectivity index (χ2n) is 9.10. The SMILES string of the molecule is CC[C@@H](C(=O)NC1CCCCC1)N(Cc1ccc(Cl)c(Cl)c1)C(=O)COc1cc(C)ccc1C. The summed E-state index contributed by atoms with van der Waals surface area (Å²) in [5, 5.41) is 4.04. The number of ether oxygens (including phenoxy) is 1. The van der Waals surface area contributed by atoms with Crippen LogP contribution in [0.2, 0.25) is 10.0 Å². The maximum atomic E-state index is 13.4. The Kier molecular flexibility index (Phi) is 9.66. The Labute approximate surface area is 212 Å². The van der Waals surface area contributed by atoms with Crippen molar-refractivity contribution < 1.29 is 14.3 Å². The molecule has 0 bridgehead atoms. The minimum Gasteiger partial charge on any atom is -0.483 e. The number of nitrogens with zero attached hydrogens (tertiary/aromatic N) is 1. The van der Waals surface area contributed by atoms with E-state index in [1.165, 1.54) is 6.42 Å². The zero-order chi connectivity index (χ0) is 24.7. The fourth-order valence-electron chi connectivity index (χ4n) is 4.38. The number of nitrogens with one attached hydrogen (secondary N) is 1. The van der Waals surface area contributed by atoms with Crippen molar-refractivity contribution in [1.29, 1.82) is 0 Å². The van der Waals surface area contributed by atoms with Crippen molar-refractivity contribution in [2.24, 2.45) is 0 Å². The smallest absolute Gasteiger partial charge is 0.261 e. The lowest BCUT2D eigenvalue weighted by Gasteiger charge is -2.32. The molecule has 3 rings (SSSR count). The average molecular weight is 505 g/mol. The maximum absolute atomic E-state index is 13.4. The van der Waals surface area contributed by atoms with Gasteiger partial charge in [0.2, 0.25) is 5.91 Å². The van der Waals surface area contributed by atoms with Crippen LogP contribution in [0.4, 0.5) is 0 Å². The predicted octanol–water partition coefficient (Wildman–Crippen LogP) is 6.25. The van der Waals surface area contributed by atoms with Crippen molar-refractivity contribution in [2.45, 2.75) is 77.9 Å². The molecule has 0 saturated heterocycles. The van der Waals surface area contributed by atoms with Gasteiger partial charge in [0.25, 0.3) is 5.91 Å². The molecule has 0 radical (unpaired) electrons. The van der Waals surface area contributed by atoms with Gasteiger partial charge < -0.3 is 15.0 Å². The summed E-state index contributed by atoms with van der Waals surface area (Å²) in [5.41, 5.74) is 2.81. The van der Waals surface area contributed by atoms with Gasteiger partial charge in [0.05, 0.1) is 10.0 Å². The molecule has 0 aromatic heterocycles. The minimum atomic E-state index is -0.605. The largest absolute Gasteiger partial charge is 0.483 e. The van der Waals surface area contributed by atoms with Crippen LogP contribution < -0.4 is 10.1 Å². The molecular formula is C27H34Cl2N2O3. The van der Waals surface area contributed by atoms with Crippen molar-refractivity contribution >= 4 is 35.0 Å². The first kappa shape index (κ1) is 26.4. The van der Waals surface area contributed by atoms with E-state index in [-0.39, 0.29) is 31.0 Å². The fraction of sp³-hybridized carbons (Fsp3) is 0.481. The van der Waals surface area contributed by atoms with Crippen LogP contribution in [0, 0.1) is 13.8 Å². The molecule has 0 aliphatic heterocycles. The number of amides is 2. The summed E-state index contributed by atoms with van der Waals surface area (Å²) in [7, 11) is 0. The molecule has 7 heteroatoms. The normalized spacial score (nSPS) is 15.0. The zero-order valence-electron chi connectivity index (χ0n) is 20.2. The predicted molar refractivity (Wildman–Crippen MR) is 138 cm³/mol. The summed E-state index contributed by atoms with van der Waals surface area (Å²) in [6, 6.07) is 10.7. The molecule has 1 aliphatic carbocycles. The van der Waals surface area contributed by atoms with Gasteiger partial charge in [0.1, 0.15) is 11.8 Å². The third-order valence-electron chi connectivity index (χ3n) is 6.37. The molecule has 0 spiro atoms. The summed E-state index contributed by atoms with van der Waals surface area (Å²) in [4.78, 5) is 28.3. The molecule has 0 unspecified atom stereocenters. The lowest BCUT2D eigenvalue weighted by Crippen LogP contribution is -2.52. The van der Waals surface area contributed by atoms with E-state index in [0.29, 0.717) is 22.2 Å². The van der Waals surface area contributed by atoms with Crippen LogP contribution in [-0.4, -0.2) is 35.4 Å². The molecule has 1 N–H and O–H groups in total. The number of hydrogen-bond acceptors (Lipinski definition) is 3. The van der Waals surface area contributed by atoms with Crippen LogP contribution in [0.15, 0.2) is 36.4 Å². The quantitative estimate of drug-likeness (QED) is 0.439. The van der Waals surface area contributed by atoms with E-state index in [0.717, 1.165) is 42.4 Å². The number of carbonyl (C=O) groups is 2. The summed E-state index contributed by atoms with van der Waals surface area (Å²) in [6.45, 7) is 5.93. The molecule has 0 heterocycles. The second kappa shape index (κ2) is 12.5. The van der Waals surface area contributed by atoms with Crippen molar-refractivity contribution in [2.75, 3.05) is 6.61 Å². The van der Waals surface area contributed by atoms with Crippen LogP contribution in [0.3, 0.4) is 0 Å². The van der Waals surface area contributed by atoms with Crippen molar-refractivity contribution in [3.8, 4) is 5.75 Å². The van der Waals surface area contributed by atoms with Gasteiger partial charge in [0.15, 0.2) is 6.61 Å². The molecule has 184 valence electrons. The first-order valence-corrected chi connectivity index (χ1v) is 12.8. The van der Waals surface area contributed by atoms with Gasteiger partial charge in [-0.3, -0.25) is 9.59 Å². The fourth-order valence-corrected chi connectivity index (χ4v) is 4.70. The third-order valence-corrected chi connectivity index (χ3v) is 7.11. The molecule has 1 fully saturated rings. The Morgan fingerprint density at radius 3 is 2.47 bits per heavy atom. The lowest BCUT2D eigenvalue weighted by molar-refractivity contribution is -0.143. The Morgan fingerprint density at radius 1 is 1.06 bits per heavy atom. The van der Waals surface area contributed by atoms with Gasteiger partial charge in [-0.1, -0.05) is 67.6 Å². The standard InChI is InChI=1S/C27H34Cl2N2O3/c1-4-24(27(33)30-21-8-6-5-7-9-21)31(16-20-12-13-22(28)23(29)15-20)26(32)17-34-25-14-18(2)10-11-19(25)3/h10-15,21,24H,4-9,16-17H2,1-3H3,(H,30,33)/t24-/m0/s1. The van der Waals surface area contributed by atoms with Crippen LogP contribution in [0.25, 0.3) is 0 Å². The number of halogens is 2. The van der Waals surface area contributed by atoms with Gasteiger partial charge >= 0.3 is 0 Å². The number of hydrogen-bond donors (Lipinski definition) is 1. The van der Waals surface area contributed by atoms with Gasteiger partial charge in [0, 0.05) is 12.6 Å². The van der Waals surface area contributed by atoms with Gasteiger partial charge in [-0.05, 0) is 68.0 Å². The molecular weight excluding hydrogens is 471 g/mol. The number of aryl methyl sites for hydroxylation is 2. The highest BCUT2D eigenvalue weighted by Gasteiger charge is 2.30. The van der Waals surface area contributed by atoms with Crippen LogP contribution >= 0.6 is 23.2 Å². The molecule has 1 saturated carbocycles. The maximum Gasteiger partial charge on any atom is 0.261 e. The summed E-state index contributed by atoms with van der Waals surface area (Å²) in [5.74, 6) is 0.301. The summed E-state index contributed by atoms with van der Waals surface area (Å²) in [6.07, 6.45) is 5.92. The lowest BCUT2D eigenvalue weighted by atomic mass is 9.95. The molecule has 34 heavy (non-hydrogen) atoms.